The summed E-state index contributed by atoms with van der Waals surface area (Å²) in [5.41, 5.74) is 6.53. The number of nitrogens with zero attached hydrogens (tertiary/aromatic N) is 1. The number of amides is 1. The van der Waals surface area contributed by atoms with Gasteiger partial charge in [-0.15, -0.1) is 0 Å². The van der Waals surface area contributed by atoms with Gasteiger partial charge in [-0.25, -0.2) is 0 Å². The van der Waals surface area contributed by atoms with Gasteiger partial charge in [0.1, 0.15) is 6.29 Å². The Morgan fingerprint density at radius 1 is 1.47 bits per heavy atom. The average molecular weight is 281 g/mol. The lowest BCUT2D eigenvalue weighted by molar-refractivity contribution is -0.113. The van der Waals surface area contributed by atoms with E-state index in [2.05, 4.69) is 4.90 Å². The molecule has 0 aromatic heterocycles. The highest BCUT2D eigenvalue weighted by Crippen LogP contribution is 2.23. The standard InChI is InChI=1S/C14H17ClN2O2/c15-13-7-10(14(16)19)4-5-11(13)8-17-6-2-1-3-12(17)9-18/h4-5,7,9,12H,1-3,6,8H2,(H2,16,19). The van der Waals surface area contributed by atoms with Crippen LogP contribution in [-0.4, -0.2) is 29.7 Å². The summed E-state index contributed by atoms with van der Waals surface area (Å²) in [4.78, 5) is 24.2. The summed E-state index contributed by atoms with van der Waals surface area (Å²) in [7, 11) is 0. The fourth-order valence-electron chi connectivity index (χ4n) is 2.41. The molecule has 4 nitrogen and oxygen atoms in total. The molecular weight excluding hydrogens is 264 g/mol. The molecule has 1 fully saturated rings. The van der Waals surface area contributed by atoms with Gasteiger partial charge < -0.3 is 10.5 Å². The van der Waals surface area contributed by atoms with Crippen LogP contribution in [0.2, 0.25) is 5.02 Å². The molecule has 1 aromatic rings. The molecule has 5 heteroatoms. The number of carbonyl (C=O) groups is 2. The van der Waals surface area contributed by atoms with Gasteiger partial charge in [-0.1, -0.05) is 24.1 Å². The topological polar surface area (TPSA) is 63.4 Å². The zero-order valence-corrected chi connectivity index (χ0v) is 11.4. The number of carbonyl (C=O) groups excluding carboxylic acids is 2. The first-order valence-corrected chi connectivity index (χ1v) is 6.77. The molecule has 102 valence electrons. The van der Waals surface area contributed by atoms with Crippen LogP contribution in [0.15, 0.2) is 18.2 Å². The fraction of sp³-hybridized carbons (Fsp3) is 0.429. The van der Waals surface area contributed by atoms with Gasteiger partial charge in [0.25, 0.3) is 0 Å². The van der Waals surface area contributed by atoms with Crippen LogP contribution in [0.25, 0.3) is 0 Å². The molecule has 1 aliphatic rings. The van der Waals surface area contributed by atoms with E-state index in [-0.39, 0.29) is 6.04 Å². The lowest BCUT2D eigenvalue weighted by Crippen LogP contribution is -2.39. The van der Waals surface area contributed by atoms with Crippen molar-refractivity contribution in [2.75, 3.05) is 6.54 Å². The van der Waals surface area contributed by atoms with E-state index in [1.807, 2.05) is 0 Å². The highest BCUT2D eigenvalue weighted by Gasteiger charge is 2.22. The van der Waals surface area contributed by atoms with Crippen molar-refractivity contribution >= 4 is 23.8 Å². The van der Waals surface area contributed by atoms with Gasteiger partial charge in [0.15, 0.2) is 0 Å². The van der Waals surface area contributed by atoms with Gasteiger partial charge in [-0.05, 0) is 37.1 Å². The number of hydrogen-bond acceptors (Lipinski definition) is 3. The Morgan fingerprint density at radius 2 is 2.26 bits per heavy atom. The van der Waals surface area contributed by atoms with Crippen LogP contribution < -0.4 is 5.73 Å². The maximum atomic E-state index is 11.1. The van der Waals surface area contributed by atoms with E-state index in [1.54, 1.807) is 18.2 Å². The van der Waals surface area contributed by atoms with Crippen molar-refractivity contribution in [3.8, 4) is 0 Å². The Balaban J connectivity index is 2.14. The smallest absolute Gasteiger partial charge is 0.248 e. The minimum Gasteiger partial charge on any atom is -0.366 e. The average Bonchev–Trinajstić information content (AvgIpc) is 2.41. The van der Waals surface area contributed by atoms with Crippen molar-refractivity contribution in [1.29, 1.82) is 0 Å². The van der Waals surface area contributed by atoms with E-state index < -0.39 is 5.91 Å². The van der Waals surface area contributed by atoms with Crippen molar-refractivity contribution in [1.82, 2.24) is 4.90 Å². The van der Waals surface area contributed by atoms with E-state index >= 15 is 0 Å². The van der Waals surface area contributed by atoms with E-state index in [0.717, 1.165) is 37.7 Å². The number of benzene rings is 1. The van der Waals surface area contributed by atoms with Crippen LogP contribution in [0.1, 0.15) is 35.2 Å². The van der Waals surface area contributed by atoms with Gasteiger partial charge in [0, 0.05) is 17.1 Å². The van der Waals surface area contributed by atoms with Crippen LogP contribution in [0.5, 0.6) is 0 Å². The zero-order chi connectivity index (χ0) is 13.8. The molecule has 0 aliphatic carbocycles. The monoisotopic (exact) mass is 280 g/mol. The Hall–Kier alpha value is -1.39. The number of rotatable bonds is 4. The molecule has 0 radical (unpaired) electrons. The number of aldehydes is 1. The molecule has 0 saturated carbocycles. The molecule has 1 saturated heterocycles. The van der Waals surface area contributed by atoms with Gasteiger partial charge >= 0.3 is 0 Å². The molecule has 1 atom stereocenters. The summed E-state index contributed by atoms with van der Waals surface area (Å²) in [6, 6.07) is 5.03. The van der Waals surface area contributed by atoms with E-state index in [1.165, 1.54) is 0 Å². The molecule has 19 heavy (non-hydrogen) atoms. The highest BCUT2D eigenvalue weighted by molar-refractivity contribution is 6.31. The molecule has 0 spiro atoms. The van der Waals surface area contributed by atoms with E-state index in [9.17, 15) is 9.59 Å². The van der Waals surface area contributed by atoms with Crippen molar-refractivity contribution in [2.24, 2.45) is 5.73 Å². The summed E-state index contributed by atoms with van der Waals surface area (Å²) < 4.78 is 0. The third kappa shape index (κ3) is 3.33. The highest BCUT2D eigenvalue weighted by atomic mass is 35.5. The van der Waals surface area contributed by atoms with Crippen LogP contribution in [0, 0.1) is 0 Å². The minimum absolute atomic E-state index is 0.0272. The third-order valence-corrected chi connectivity index (χ3v) is 3.88. The first-order chi connectivity index (χ1) is 9.11. The van der Waals surface area contributed by atoms with Crippen molar-refractivity contribution in [3.63, 3.8) is 0 Å². The molecule has 1 heterocycles. The first-order valence-electron chi connectivity index (χ1n) is 6.39. The van der Waals surface area contributed by atoms with E-state index in [4.69, 9.17) is 17.3 Å². The number of nitrogens with two attached hydrogens (primary N) is 1. The third-order valence-electron chi connectivity index (χ3n) is 3.53. The summed E-state index contributed by atoms with van der Waals surface area (Å²) in [6.45, 7) is 1.53. The second-order valence-corrected chi connectivity index (χ2v) is 5.25. The van der Waals surface area contributed by atoms with Crippen LogP contribution in [0.3, 0.4) is 0 Å². The quantitative estimate of drug-likeness (QED) is 0.858. The van der Waals surface area contributed by atoms with Crippen molar-refractivity contribution in [3.05, 3.63) is 34.3 Å². The second-order valence-electron chi connectivity index (χ2n) is 4.84. The summed E-state index contributed by atoms with van der Waals surface area (Å²) >= 11 is 6.16. The number of likely N-dealkylation sites (tertiary alicyclic amines) is 1. The van der Waals surface area contributed by atoms with Crippen molar-refractivity contribution < 1.29 is 9.59 Å². The predicted molar refractivity (Wildman–Crippen MR) is 74.1 cm³/mol. The minimum atomic E-state index is -0.489. The predicted octanol–water partition coefficient (Wildman–Crippen LogP) is 1.99. The van der Waals surface area contributed by atoms with Gasteiger partial charge in [0.05, 0.1) is 6.04 Å². The number of piperidine rings is 1. The Morgan fingerprint density at radius 3 is 2.89 bits per heavy atom. The Labute approximate surface area is 117 Å². The maximum Gasteiger partial charge on any atom is 0.248 e. The largest absolute Gasteiger partial charge is 0.366 e. The van der Waals surface area contributed by atoms with Gasteiger partial charge in [-0.2, -0.15) is 0 Å². The Bertz CT molecular complexity index is 490. The normalized spacial score (nSPS) is 20.2. The molecule has 1 unspecified atom stereocenters. The Kier molecular flexibility index (Phi) is 4.56. The van der Waals surface area contributed by atoms with Crippen molar-refractivity contribution in [2.45, 2.75) is 31.8 Å². The number of halogens is 1. The lowest BCUT2D eigenvalue weighted by Gasteiger charge is -2.32. The molecular formula is C14H17ClN2O2. The molecule has 2 rings (SSSR count). The fourth-order valence-corrected chi connectivity index (χ4v) is 2.66. The van der Waals surface area contributed by atoms with Crippen LogP contribution >= 0.6 is 11.6 Å². The molecule has 1 aliphatic heterocycles. The SMILES string of the molecule is NC(=O)c1ccc(CN2CCCCC2C=O)c(Cl)c1. The van der Waals surface area contributed by atoms with Gasteiger partial charge in [0.2, 0.25) is 5.91 Å². The molecule has 0 bridgehead atoms. The molecule has 1 amide bonds. The van der Waals surface area contributed by atoms with Crippen LogP contribution in [-0.2, 0) is 11.3 Å². The summed E-state index contributed by atoms with van der Waals surface area (Å²) in [5, 5.41) is 0.520. The van der Waals surface area contributed by atoms with Gasteiger partial charge in [-0.3, -0.25) is 9.69 Å². The number of hydrogen-bond donors (Lipinski definition) is 1. The first kappa shape index (κ1) is 14.0. The summed E-state index contributed by atoms with van der Waals surface area (Å²) in [5.74, 6) is -0.489. The maximum absolute atomic E-state index is 11.1. The van der Waals surface area contributed by atoms with E-state index in [0.29, 0.717) is 17.1 Å². The lowest BCUT2D eigenvalue weighted by atomic mass is 10.0. The molecule has 1 aromatic carbocycles. The zero-order valence-electron chi connectivity index (χ0n) is 10.6. The van der Waals surface area contributed by atoms with Crippen LogP contribution in [0.4, 0.5) is 0 Å². The summed E-state index contributed by atoms with van der Waals surface area (Å²) in [6.07, 6.45) is 4.10. The molecule has 2 N–H and O–H groups in total. The number of primary amides is 1. The second kappa shape index (κ2) is 6.17.